The quantitative estimate of drug-likeness (QED) is 0.790. The molecule has 110 valence electrons. The predicted molar refractivity (Wildman–Crippen MR) is 71.3 cm³/mol. The average molecular weight is 285 g/mol. The summed E-state index contributed by atoms with van der Waals surface area (Å²) < 4.78 is 37.8. The predicted octanol–water partition coefficient (Wildman–Crippen LogP) is 4.61. The molecule has 0 aliphatic heterocycles. The van der Waals surface area contributed by atoms with E-state index in [0.29, 0.717) is 0 Å². The highest BCUT2D eigenvalue weighted by Crippen LogP contribution is 2.31. The van der Waals surface area contributed by atoms with Gasteiger partial charge in [0, 0.05) is 11.6 Å². The van der Waals surface area contributed by atoms with Crippen LogP contribution in [0.25, 0.3) is 0 Å². The van der Waals surface area contributed by atoms with Crippen molar-refractivity contribution in [2.75, 3.05) is 5.32 Å². The molecule has 1 aliphatic carbocycles. The van der Waals surface area contributed by atoms with Crippen LogP contribution in [-0.4, -0.2) is 5.91 Å². The van der Waals surface area contributed by atoms with Gasteiger partial charge < -0.3 is 5.32 Å². The number of alkyl halides is 3. The minimum atomic E-state index is -4.39. The van der Waals surface area contributed by atoms with Gasteiger partial charge in [0.05, 0.1) is 5.56 Å². The van der Waals surface area contributed by atoms with Crippen LogP contribution in [0.2, 0.25) is 0 Å². The summed E-state index contributed by atoms with van der Waals surface area (Å²) in [5.41, 5.74) is -0.523. The molecule has 5 heteroatoms. The Kier molecular flexibility index (Phi) is 4.68. The highest BCUT2D eigenvalue weighted by atomic mass is 19.4. The second kappa shape index (κ2) is 6.29. The second-order valence-electron chi connectivity index (χ2n) is 5.26. The molecule has 2 nitrogen and oxygen atoms in total. The van der Waals surface area contributed by atoms with Crippen molar-refractivity contribution in [3.63, 3.8) is 0 Å². The molecule has 0 aromatic heterocycles. The van der Waals surface area contributed by atoms with Gasteiger partial charge in [0.15, 0.2) is 0 Å². The maximum absolute atomic E-state index is 12.6. The molecular weight excluding hydrogens is 267 g/mol. The number of halogens is 3. The lowest BCUT2D eigenvalue weighted by molar-refractivity contribution is -0.137. The van der Waals surface area contributed by atoms with Crippen molar-refractivity contribution in [1.82, 2.24) is 0 Å². The summed E-state index contributed by atoms with van der Waals surface area (Å²) in [5.74, 6) is -0.238. The molecule has 0 unspecified atom stereocenters. The number of hydrogen-bond donors (Lipinski definition) is 1. The van der Waals surface area contributed by atoms with Crippen LogP contribution in [-0.2, 0) is 11.0 Å². The normalized spacial score (nSPS) is 17.6. The topological polar surface area (TPSA) is 29.1 Å². The van der Waals surface area contributed by atoms with Crippen LogP contribution in [0.1, 0.15) is 44.1 Å². The molecule has 0 radical (unpaired) electrons. The van der Waals surface area contributed by atoms with Gasteiger partial charge in [-0.25, -0.2) is 0 Å². The van der Waals surface area contributed by atoms with Crippen molar-refractivity contribution in [3.8, 4) is 0 Å². The number of hydrogen-bond acceptors (Lipinski definition) is 1. The lowest BCUT2D eigenvalue weighted by Crippen LogP contribution is -2.22. The van der Waals surface area contributed by atoms with Crippen molar-refractivity contribution < 1.29 is 18.0 Å². The number of amides is 1. The fourth-order valence-corrected chi connectivity index (χ4v) is 2.56. The Balaban J connectivity index is 2.03. The number of carbonyl (C=O) groups excluding carboxylic acids is 1. The first-order valence-corrected chi connectivity index (χ1v) is 6.95. The van der Waals surface area contributed by atoms with Crippen LogP contribution in [0.3, 0.4) is 0 Å². The van der Waals surface area contributed by atoms with E-state index >= 15 is 0 Å². The molecule has 0 spiro atoms. The van der Waals surface area contributed by atoms with Crippen molar-refractivity contribution in [2.45, 2.75) is 44.7 Å². The summed E-state index contributed by atoms with van der Waals surface area (Å²) in [6, 6.07) is 4.78. The summed E-state index contributed by atoms with van der Waals surface area (Å²) in [5, 5.41) is 2.61. The number of anilines is 1. The SMILES string of the molecule is O=C(Nc1cccc(C(F)(F)F)c1)C1CCCCCC1. The van der Waals surface area contributed by atoms with Crippen LogP contribution < -0.4 is 5.32 Å². The largest absolute Gasteiger partial charge is 0.416 e. The zero-order valence-corrected chi connectivity index (χ0v) is 11.2. The molecule has 1 aromatic rings. The average Bonchev–Trinajstić information content (AvgIpc) is 2.67. The van der Waals surface area contributed by atoms with E-state index in [1.807, 2.05) is 0 Å². The lowest BCUT2D eigenvalue weighted by atomic mass is 9.99. The summed E-state index contributed by atoms with van der Waals surface area (Å²) >= 11 is 0. The smallest absolute Gasteiger partial charge is 0.326 e. The molecule has 0 atom stereocenters. The van der Waals surface area contributed by atoms with Gasteiger partial charge in [0.2, 0.25) is 5.91 Å². The van der Waals surface area contributed by atoms with E-state index in [1.165, 1.54) is 12.1 Å². The third-order valence-electron chi connectivity index (χ3n) is 3.68. The first-order valence-electron chi connectivity index (χ1n) is 6.95. The minimum absolute atomic E-state index is 0.0768. The fourth-order valence-electron chi connectivity index (χ4n) is 2.56. The molecular formula is C15H18F3NO. The van der Waals surface area contributed by atoms with E-state index in [0.717, 1.165) is 50.7 Å². The zero-order valence-electron chi connectivity index (χ0n) is 11.2. The van der Waals surface area contributed by atoms with E-state index in [4.69, 9.17) is 0 Å². The van der Waals surface area contributed by atoms with Gasteiger partial charge >= 0.3 is 6.18 Å². The summed E-state index contributed by atoms with van der Waals surface area (Å²) in [4.78, 5) is 12.1. The second-order valence-corrected chi connectivity index (χ2v) is 5.26. The first kappa shape index (κ1) is 14.9. The van der Waals surface area contributed by atoms with Crippen LogP contribution in [0.15, 0.2) is 24.3 Å². The highest BCUT2D eigenvalue weighted by Gasteiger charge is 2.30. The molecule has 1 aliphatic rings. The molecule has 2 rings (SSSR count). The molecule has 0 bridgehead atoms. The molecule has 1 N–H and O–H groups in total. The van der Waals surface area contributed by atoms with Crippen LogP contribution >= 0.6 is 0 Å². The van der Waals surface area contributed by atoms with Crippen molar-refractivity contribution in [1.29, 1.82) is 0 Å². The van der Waals surface area contributed by atoms with Crippen molar-refractivity contribution in [3.05, 3.63) is 29.8 Å². The van der Waals surface area contributed by atoms with Gasteiger partial charge in [-0.15, -0.1) is 0 Å². The summed E-state index contributed by atoms with van der Waals surface area (Å²) in [6.45, 7) is 0. The number of nitrogens with one attached hydrogen (secondary N) is 1. The van der Waals surface area contributed by atoms with E-state index < -0.39 is 11.7 Å². The third-order valence-corrected chi connectivity index (χ3v) is 3.68. The Morgan fingerprint density at radius 2 is 1.75 bits per heavy atom. The van der Waals surface area contributed by atoms with Crippen LogP contribution in [0.4, 0.5) is 18.9 Å². The Hall–Kier alpha value is -1.52. The van der Waals surface area contributed by atoms with Crippen molar-refractivity contribution >= 4 is 11.6 Å². The van der Waals surface area contributed by atoms with E-state index in [9.17, 15) is 18.0 Å². The van der Waals surface area contributed by atoms with Gasteiger partial charge in [0.25, 0.3) is 0 Å². The highest BCUT2D eigenvalue weighted by molar-refractivity contribution is 5.92. The van der Waals surface area contributed by atoms with E-state index in [1.54, 1.807) is 0 Å². The molecule has 1 amide bonds. The van der Waals surface area contributed by atoms with Gasteiger partial charge in [0.1, 0.15) is 0 Å². The van der Waals surface area contributed by atoms with E-state index in [-0.39, 0.29) is 17.5 Å². The number of rotatable bonds is 2. The Morgan fingerprint density at radius 1 is 1.10 bits per heavy atom. The molecule has 0 saturated heterocycles. The first-order chi connectivity index (χ1) is 9.47. The molecule has 1 aromatic carbocycles. The maximum Gasteiger partial charge on any atom is 0.416 e. The summed E-state index contributed by atoms with van der Waals surface area (Å²) in [6.07, 6.45) is 1.56. The lowest BCUT2D eigenvalue weighted by Gasteiger charge is -2.15. The van der Waals surface area contributed by atoms with E-state index in [2.05, 4.69) is 5.32 Å². The minimum Gasteiger partial charge on any atom is -0.326 e. The zero-order chi connectivity index (χ0) is 14.6. The number of carbonyl (C=O) groups is 1. The van der Waals surface area contributed by atoms with Crippen LogP contribution in [0, 0.1) is 5.92 Å². The number of benzene rings is 1. The van der Waals surface area contributed by atoms with Crippen LogP contribution in [0.5, 0.6) is 0 Å². The molecule has 1 saturated carbocycles. The van der Waals surface area contributed by atoms with Gasteiger partial charge in [-0.3, -0.25) is 4.79 Å². The van der Waals surface area contributed by atoms with Gasteiger partial charge in [-0.05, 0) is 31.0 Å². The van der Waals surface area contributed by atoms with Gasteiger partial charge in [-0.2, -0.15) is 13.2 Å². The fraction of sp³-hybridized carbons (Fsp3) is 0.533. The molecule has 1 fully saturated rings. The Morgan fingerprint density at radius 3 is 2.35 bits per heavy atom. The maximum atomic E-state index is 12.6. The summed E-state index contributed by atoms with van der Waals surface area (Å²) in [7, 11) is 0. The standard InChI is InChI=1S/C15H18F3NO/c16-15(17,18)12-8-5-9-13(10-12)19-14(20)11-6-3-1-2-4-7-11/h5,8-11H,1-4,6-7H2,(H,19,20). The Bertz CT molecular complexity index is 462. The van der Waals surface area contributed by atoms with Crippen molar-refractivity contribution in [2.24, 2.45) is 5.92 Å². The molecule has 0 heterocycles. The molecule has 20 heavy (non-hydrogen) atoms. The monoisotopic (exact) mass is 285 g/mol. The third kappa shape index (κ3) is 3.99. The Labute approximate surface area is 116 Å². The van der Waals surface area contributed by atoms with Gasteiger partial charge in [-0.1, -0.05) is 31.7 Å².